The van der Waals surface area contributed by atoms with Crippen LogP contribution in [0.25, 0.3) is 0 Å². The maximum Gasteiger partial charge on any atom is 0.251 e. The van der Waals surface area contributed by atoms with E-state index in [1.54, 1.807) is 12.1 Å². The highest BCUT2D eigenvalue weighted by molar-refractivity contribution is 5.95. The van der Waals surface area contributed by atoms with Gasteiger partial charge in [-0.05, 0) is 43.7 Å². The average molecular weight is 276 g/mol. The largest absolute Gasteiger partial charge is 0.351 e. The van der Waals surface area contributed by atoms with Gasteiger partial charge in [-0.3, -0.25) is 4.79 Å². The molecule has 1 aromatic heterocycles. The highest BCUT2D eigenvalue weighted by Gasteiger charge is 2.32. The highest BCUT2D eigenvalue weighted by atomic mass is 16.1. The second kappa shape index (κ2) is 6.22. The van der Waals surface area contributed by atoms with Gasteiger partial charge in [0, 0.05) is 17.8 Å². The first-order chi connectivity index (χ1) is 9.58. The highest BCUT2D eigenvalue weighted by Crippen LogP contribution is 2.40. The summed E-state index contributed by atoms with van der Waals surface area (Å²) in [5.41, 5.74) is 4.17. The number of aryl methyl sites for hydroxylation is 1. The number of pyridine rings is 1. The van der Waals surface area contributed by atoms with Gasteiger partial charge < -0.3 is 10.7 Å². The van der Waals surface area contributed by atoms with Crippen LogP contribution < -0.4 is 16.6 Å². The molecule has 1 amide bonds. The number of rotatable bonds is 5. The van der Waals surface area contributed by atoms with Crippen LogP contribution in [0.15, 0.2) is 12.1 Å². The third kappa shape index (κ3) is 3.28. The number of anilines is 1. The molecular weight excluding hydrogens is 252 g/mol. The third-order valence-electron chi connectivity index (χ3n) is 4.40. The van der Waals surface area contributed by atoms with Gasteiger partial charge >= 0.3 is 0 Å². The zero-order valence-corrected chi connectivity index (χ0v) is 12.3. The van der Waals surface area contributed by atoms with Crippen LogP contribution in [0, 0.1) is 12.3 Å². The van der Waals surface area contributed by atoms with Crippen molar-refractivity contribution in [3.63, 3.8) is 0 Å². The van der Waals surface area contributed by atoms with E-state index in [0.29, 0.717) is 16.8 Å². The van der Waals surface area contributed by atoms with Crippen LogP contribution >= 0.6 is 0 Å². The Balaban J connectivity index is 2.03. The Morgan fingerprint density at radius 3 is 2.70 bits per heavy atom. The van der Waals surface area contributed by atoms with Crippen molar-refractivity contribution < 1.29 is 4.79 Å². The van der Waals surface area contributed by atoms with Crippen molar-refractivity contribution in [3.05, 3.63) is 23.4 Å². The van der Waals surface area contributed by atoms with Gasteiger partial charge in [0.05, 0.1) is 0 Å². The lowest BCUT2D eigenvalue weighted by molar-refractivity contribution is 0.0928. The Bertz CT molecular complexity index is 481. The molecule has 1 saturated carbocycles. The van der Waals surface area contributed by atoms with E-state index in [-0.39, 0.29) is 5.91 Å². The fourth-order valence-electron chi connectivity index (χ4n) is 3.02. The zero-order chi connectivity index (χ0) is 14.6. The van der Waals surface area contributed by atoms with E-state index in [1.807, 2.05) is 6.92 Å². The number of hydrazine groups is 1. The molecule has 20 heavy (non-hydrogen) atoms. The minimum absolute atomic E-state index is 0.0493. The lowest BCUT2D eigenvalue weighted by Gasteiger charge is -2.27. The maximum absolute atomic E-state index is 12.3. The minimum atomic E-state index is -0.0493. The topological polar surface area (TPSA) is 80.0 Å². The van der Waals surface area contributed by atoms with Gasteiger partial charge in [0.25, 0.3) is 5.91 Å². The van der Waals surface area contributed by atoms with Gasteiger partial charge in [-0.25, -0.2) is 10.8 Å². The summed E-state index contributed by atoms with van der Waals surface area (Å²) < 4.78 is 0. The van der Waals surface area contributed by atoms with Crippen molar-refractivity contribution in [2.45, 2.75) is 46.0 Å². The standard InChI is InChI=1S/C15H24N4O/c1-3-15(6-4-5-7-15)10-17-14(20)12-8-11(2)18-13(9-12)19-16/h8-9H,3-7,10,16H2,1-2H3,(H,17,20)(H,18,19). The second-order valence-corrected chi connectivity index (χ2v) is 5.77. The van der Waals surface area contributed by atoms with Crippen molar-refractivity contribution in [3.8, 4) is 0 Å². The number of carbonyl (C=O) groups excluding carboxylic acids is 1. The molecule has 5 heteroatoms. The molecule has 110 valence electrons. The van der Waals surface area contributed by atoms with Gasteiger partial charge in [0.1, 0.15) is 5.82 Å². The smallest absolute Gasteiger partial charge is 0.251 e. The molecular formula is C15H24N4O. The number of nitrogen functional groups attached to an aromatic ring is 1. The first-order valence-corrected chi connectivity index (χ1v) is 7.32. The summed E-state index contributed by atoms with van der Waals surface area (Å²) in [5.74, 6) is 5.83. The van der Waals surface area contributed by atoms with Crippen LogP contribution in [0.5, 0.6) is 0 Å². The lowest BCUT2D eigenvalue weighted by Crippen LogP contribution is -2.35. The molecule has 1 heterocycles. The number of carbonyl (C=O) groups is 1. The predicted molar refractivity (Wildman–Crippen MR) is 80.3 cm³/mol. The van der Waals surface area contributed by atoms with E-state index in [9.17, 15) is 4.79 Å². The number of aromatic nitrogens is 1. The van der Waals surface area contributed by atoms with Crippen LogP contribution in [0.3, 0.4) is 0 Å². The van der Waals surface area contributed by atoms with Crippen LogP contribution in [-0.2, 0) is 0 Å². The Labute approximate surface area is 120 Å². The monoisotopic (exact) mass is 276 g/mol. The van der Waals surface area contributed by atoms with E-state index < -0.39 is 0 Å². The van der Waals surface area contributed by atoms with E-state index in [1.165, 1.54) is 25.7 Å². The summed E-state index contributed by atoms with van der Waals surface area (Å²) in [7, 11) is 0. The number of amides is 1. The quantitative estimate of drug-likeness (QED) is 0.570. The van der Waals surface area contributed by atoms with Gasteiger partial charge in [-0.15, -0.1) is 0 Å². The molecule has 4 N–H and O–H groups in total. The van der Waals surface area contributed by atoms with Crippen molar-refractivity contribution in [2.75, 3.05) is 12.0 Å². The molecule has 0 spiro atoms. The molecule has 1 fully saturated rings. The molecule has 1 aromatic rings. The molecule has 0 unspecified atom stereocenters. The van der Waals surface area contributed by atoms with Crippen LogP contribution in [0.2, 0.25) is 0 Å². The normalized spacial score (nSPS) is 16.9. The second-order valence-electron chi connectivity index (χ2n) is 5.77. The third-order valence-corrected chi connectivity index (χ3v) is 4.40. The molecule has 1 aliphatic carbocycles. The number of hydrogen-bond acceptors (Lipinski definition) is 4. The average Bonchev–Trinajstić information content (AvgIpc) is 2.93. The molecule has 0 aromatic carbocycles. The lowest BCUT2D eigenvalue weighted by atomic mass is 9.83. The van der Waals surface area contributed by atoms with E-state index >= 15 is 0 Å². The van der Waals surface area contributed by atoms with Crippen LogP contribution in [0.1, 0.15) is 55.1 Å². The molecule has 0 atom stereocenters. The zero-order valence-electron chi connectivity index (χ0n) is 12.3. The van der Waals surface area contributed by atoms with E-state index in [0.717, 1.165) is 18.7 Å². The summed E-state index contributed by atoms with van der Waals surface area (Å²) in [6.07, 6.45) is 6.11. The summed E-state index contributed by atoms with van der Waals surface area (Å²) in [5, 5.41) is 3.08. The Hall–Kier alpha value is -1.62. The Kier molecular flexibility index (Phi) is 4.60. The van der Waals surface area contributed by atoms with Crippen LogP contribution in [-0.4, -0.2) is 17.4 Å². The summed E-state index contributed by atoms with van der Waals surface area (Å²) in [4.78, 5) is 16.5. The van der Waals surface area contributed by atoms with E-state index in [2.05, 4.69) is 22.7 Å². The molecule has 0 bridgehead atoms. The van der Waals surface area contributed by atoms with Gasteiger partial charge in [-0.2, -0.15) is 0 Å². The Morgan fingerprint density at radius 2 is 2.10 bits per heavy atom. The summed E-state index contributed by atoms with van der Waals surface area (Å²) in [6.45, 7) is 4.82. The number of nitrogens with one attached hydrogen (secondary N) is 2. The summed E-state index contributed by atoms with van der Waals surface area (Å²) >= 11 is 0. The first kappa shape index (κ1) is 14.8. The predicted octanol–water partition coefficient (Wildman–Crippen LogP) is 2.38. The maximum atomic E-state index is 12.3. The molecule has 0 aliphatic heterocycles. The van der Waals surface area contributed by atoms with Crippen molar-refractivity contribution in [1.29, 1.82) is 0 Å². The fraction of sp³-hybridized carbons (Fsp3) is 0.600. The number of nitrogens with two attached hydrogens (primary N) is 1. The van der Waals surface area contributed by atoms with Gasteiger partial charge in [0.15, 0.2) is 0 Å². The molecule has 5 nitrogen and oxygen atoms in total. The first-order valence-electron chi connectivity index (χ1n) is 7.32. The van der Waals surface area contributed by atoms with E-state index in [4.69, 9.17) is 5.84 Å². The molecule has 0 saturated heterocycles. The molecule has 0 radical (unpaired) electrons. The van der Waals surface area contributed by atoms with Crippen molar-refractivity contribution >= 4 is 11.7 Å². The summed E-state index contributed by atoms with van der Waals surface area (Å²) in [6, 6.07) is 3.46. The van der Waals surface area contributed by atoms with Crippen molar-refractivity contribution in [1.82, 2.24) is 10.3 Å². The molecule has 2 rings (SSSR count). The molecule has 1 aliphatic rings. The van der Waals surface area contributed by atoms with Crippen molar-refractivity contribution in [2.24, 2.45) is 11.3 Å². The number of hydrogen-bond donors (Lipinski definition) is 3. The number of nitrogens with zero attached hydrogens (tertiary/aromatic N) is 1. The van der Waals surface area contributed by atoms with Crippen LogP contribution in [0.4, 0.5) is 5.82 Å². The van der Waals surface area contributed by atoms with Gasteiger partial charge in [0.2, 0.25) is 0 Å². The van der Waals surface area contributed by atoms with Gasteiger partial charge in [-0.1, -0.05) is 19.8 Å². The SMILES string of the molecule is CCC1(CNC(=O)c2cc(C)nc(NN)c2)CCCC1. The Morgan fingerprint density at radius 1 is 1.40 bits per heavy atom. The fourth-order valence-corrected chi connectivity index (χ4v) is 3.02. The minimum Gasteiger partial charge on any atom is -0.351 e.